The molecular weight excluding hydrogens is 456 g/mol. The largest absolute Gasteiger partial charge is 0.495 e. The zero-order valence-corrected chi connectivity index (χ0v) is 20.3. The minimum absolute atomic E-state index is 0.000719. The molecule has 1 aliphatic heterocycles. The first-order valence-electron chi connectivity index (χ1n) is 11.2. The molecule has 1 saturated heterocycles. The fourth-order valence-electron chi connectivity index (χ4n) is 3.75. The van der Waals surface area contributed by atoms with E-state index in [9.17, 15) is 13.2 Å². The summed E-state index contributed by atoms with van der Waals surface area (Å²) < 4.78 is 38.1. The van der Waals surface area contributed by atoms with Crippen LogP contribution in [-0.4, -0.2) is 49.0 Å². The molecule has 2 heterocycles. The van der Waals surface area contributed by atoms with Gasteiger partial charge in [-0.2, -0.15) is 9.29 Å². The molecule has 0 spiro atoms. The van der Waals surface area contributed by atoms with Gasteiger partial charge in [0, 0.05) is 36.7 Å². The second kappa shape index (κ2) is 9.94. The van der Waals surface area contributed by atoms with Gasteiger partial charge in [0.2, 0.25) is 15.9 Å². The average molecular weight is 485 g/mol. The van der Waals surface area contributed by atoms with Crippen LogP contribution < -0.4 is 10.1 Å². The maximum atomic E-state index is 13.1. The second-order valence-electron chi connectivity index (χ2n) is 8.51. The number of nitrogens with zero attached hydrogens (tertiary/aromatic N) is 3. The van der Waals surface area contributed by atoms with Gasteiger partial charge < -0.3 is 14.6 Å². The zero-order chi connectivity index (χ0) is 24.3. The van der Waals surface area contributed by atoms with E-state index in [-0.39, 0.29) is 22.1 Å². The first kappa shape index (κ1) is 23.9. The SMILES string of the molecule is COc1ccc(C(=O)Nc2ccc(Cc3noc(C(C)C)n3)cc2)cc1S(=O)(=O)N1CCCC1. The highest BCUT2D eigenvalue weighted by Gasteiger charge is 2.30. The van der Waals surface area contributed by atoms with Gasteiger partial charge in [0.1, 0.15) is 10.6 Å². The van der Waals surface area contributed by atoms with Crippen LogP contribution in [0.25, 0.3) is 0 Å². The van der Waals surface area contributed by atoms with E-state index in [4.69, 9.17) is 9.26 Å². The Balaban J connectivity index is 1.48. The quantitative estimate of drug-likeness (QED) is 0.517. The van der Waals surface area contributed by atoms with Crippen LogP contribution in [0.2, 0.25) is 0 Å². The minimum atomic E-state index is -3.74. The van der Waals surface area contributed by atoms with Crippen molar-refractivity contribution in [1.82, 2.24) is 14.4 Å². The molecule has 3 aromatic rings. The molecule has 1 aliphatic rings. The standard InChI is InChI=1S/C24H28N4O5S/c1-16(2)24-26-22(27-33-24)14-17-6-9-19(10-7-17)25-23(29)18-8-11-20(32-3)21(15-18)34(30,31)28-12-4-5-13-28/h6-11,15-16H,4-5,12-14H2,1-3H3,(H,25,29). The third kappa shape index (κ3) is 5.13. The van der Waals surface area contributed by atoms with Crippen molar-refractivity contribution in [2.75, 3.05) is 25.5 Å². The Kier molecular flexibility index (Phi) is 6.99. The number of benzene rings is 2. The van der Waals surface area contributed by atoms with E-state index >= 15 is 0 Å². The van der Waals surface area contributed by atoms with E-state index in [1.54, 1.807) is 18.2 Å². The number of hydrogen-bond donors (Lipinski definition) is 1. The van der Waals surface area contributed by atoms with Crippen LogP contribution in [0.5, 0.6) is 5.75 Å². The summed E-state index contributed by atoms with van der Waals surface area (Å²) in [5.41, 5.74) is 1.79. The molecule has 0 bridgehead atoms. The van der Waals surface area contributed by atoms with Gasteiger partial charge in [-0.1, -0.05) is 31.1 Å². The van der Waals surface area contributed by atoms with Crippen LogP contribution in [0.3, 0.4) is 0 Å². The third-order valence-corrected chi connectivity index (χ3v) is 7.58. The molecule has 34 heavy (non-hydrogen) atoms. The number of carbonyl (C=O) groups excluding carboxylic acids is 1. The number of sulfonamides is 1. The summed E-state index contributed by atoms with van der Waals surface area (Å²) in [7, 11) is -2.33. The smallest absolute Gasteiger partial charge is 0.255 e. The maximum Gasteiger partial charge on any atom is 0.255 e. The zero-order valence-electron chi connectivity index (χ0n) is 19.4. The molecule has 1 amide bonds. The van der Waals surface area contributed by atoms with Crippen molar-refractivity contribution >= 4 is 21.6 Å². The summed E-state index contributed by atoms with van der Waals surface area (Å²) in [4.78, 5) is 17.2. The summed E-state index contributed by atoms with van der Waals surface area (Å²) in [6.45, 7) is 4.92. The van der Waals surface area contributed by atoms with Crippen molar-refractivity contribution in [2.45, 2.75) is 43.9 Å². The van der Waals surface area contributed by atoms with Crippen LogP contribution in [0.4, 0.5) is 5.69 Å². The molecule has 0 saturated carbocycles. The lowest BCUT2D eigenvalue weighted by Crippen LogP contribution is -2.28. The summed E-state index contributed by atoms with van der Waals surface area (Å²) in [6, 6.07) is 11.7. The molecule has 2 aromatic carbocycles. The number of rotatable bonds is 8. The molecular formula is C24H28N4O5S. The lowest BCUT2D eigenvalue weighted by Gasteiger charge is -2.18. The minimum Gasteiger partial charge on any atom is -0.495 e. The van der Waals surface area contributed by atoms with E-state index in [2.05, 4.69) is 15.5 Å². The van der Waals surface area contributed by atoms with Crippen LogP contribution in [0, 0.1) is 0 Å². The summed E-state index contributed by atoms with van der Waals surface area (Å²) >= 11 is 0. The number of anilines is 1. The first-order chi connectivity index (χ1) is 16.3. The van der Waals surface area contributed by atoms with Crippen LogP contribution in [-0.2, 0) is 16.4 Å². The predicted octanol–water partition coefficient (Wildman–Crippen LogP) is 3.83. The topological polar surface area (TPSA) is 115 Å². The van der Waals surface area contributed by atoms with Crippen molar-refractivity contribution in [3.05, 3.63) is 65.3 Å². The predicted molar refractivity (Wildman–Crippen MR) is 127 cm³/mol. The molecule has 1 N–H and O–H groups in total. The van der Waals surface area contributed by atoms with Crippen molar-refractivity contribution in [1.29, 1.82) is 0 Å². The summed E-state index contributed by atoms with van der Waals surface area (Å²) in [5, 5.41) is 6.81. The molecule has 1 fully saturated rings. The van der Waals surface area contributed by atoms with Crippen molar-refractivity contribution in [2.24, 2.45) is 0 Å². The van der Waals surface area contributed by atoms with Crippen molar-refractivity contribution < 1.29 is 22.5 Å². The third-order valence-electron chi connectivity index (χ3n) is 5.66. The van der Waals surface area contributed by atoms with E-state index < -0.39 is 15.9 Å². The number of amides is 1. The van der Waals surface area contributed by atoms with Crippen LogP contribution in [0.15, 0.2) is 51.9 Å². The Morgan fingerprint density at radius 1 is 1.15 bits per heavy atom. The summed E-state index contributed by atoms with van der Waals surface area (Å²) in [5.74, 6) is 1.18. The van der Waals surface area contributed by atoms with Gasteiger partial charge in [0.25, 0.3) is 5.91 Å². The Morgan fingerprint density at radius 3 is 2.47 bits per heavy atom. The molecule has 4 rings (SSSR count). The number of ether oxygens (including phenoxy) is 1. The van der Waals surface area contributed by atoms with Crippen LogP contribution in [0.1, 0.15) is 60.2 Å². The van der Waals surface area contributed by atoms with Gasteiger partial charge in [-0.15, -0.1) is 0 Å². The summed E-state index contributed by atoms with van der Waals surface area (Å²) in [6.07, 6.45) is 2.16. The molecule has 0 unspecified atom stereocenters. The molecule has 1 aromatic heterocycles. The molecule has 10 heteroatoms. The number of methoxy groups -OCH3 is 1. The highest BCUT2D eigenvalue weighted by atomic mass is 32.2. The molecule has 0 aliphatic carbocycles. The number of nitrogens with one attached hydrogen (secondary N) is 1. The first-order valence-corrected chi connectivity index (χ1v) is 12.6. The number of carbonyl (C=O) groups is 1. The highest BCUT2D eigenvalue weighted by molar-refractivity contribution is 7.89. The van der Waals surface area contributed by atoms with Gasteiger partial charge in [0.05, 0.1) is 7.11 Å². The van der Waals surface area contributed by atoms with Gasteiger partial charge in [-0.25, -0.2) is 8.42 Å². The number of hydrogen-bond acceptors (Lipinski definition) is 7. The molecule has 0 atom stereocenters. The van der Waals surface area contributed by atoms with Crippen molar-refractivity contribution in [3.8, 4) is 5.75 Å². The van der Waals surface area contributed by atoms with Gasteiger partial charge in [-0.3, -0.25) is 4.79 Å². The second-order valence-corrected chi connectivity index (χ2v) is 10.4. The molecule has 0 radical (unpaired) electrons. The van der Waals surface area contributed by atoms with E-state index in [0.717, 1.165) is 18.4 Å². The fourth-order valence-corrected chi connectivity index (χ4v) is 5.45. The monoisotopic (exact) mass is 484 g/mol. The highest BCUT2D eigenvalue weighted by Crippen LogP contribution is 2.30. The van der Waals surface area contributed by atoms with E-state index in [1.807, 2.05) is 26.0 Å². The Bertz CT molecular complexity index is 1260. The Hall–Kier alpha value is -3.24. The molecule has 180 valence electrons. The van der Waals surface area contributed by atoms with Gasteiger partial charge in [0.15, 0.2) is 5.82 Å². The Labute approximate surface area is 199 Å². The maximum absolute atomic E-state index is 13.1. The normalized spacial score (nSPS) is 14.5. The van der Waals surface area contributed by atoms with Crippen LogP contribution >= 0.6 is 0 Å². The average Bonchev–Trinajstić information content (AvgIpc) is 3.53. The van der Waals surface area contributed by atoms with Crippen molar-refractivity contribution in [3.63, 3.8) is 0 Å². The fraction of sp³-hybridized carbons (Fsp3) is 0.375. The van der Waals surface area contributed by atoms with E-state index in [0.29, 0.717) is 36.9 Å². The number of aromatic nitrogens is 2. The van der Waals surface area contributed by atoms with E-state index in [1.165, 1.54) is 23.5 Å². The lowest BCUT2D eigenvalue weighted by atomic mass is 10.1. The van der Waals surface area contributed by atoms with Gasteiger partial charge in [-0.05, 0) is 48.7 Å². The van der Waals surface area contributed by atoms with Gasteiger partial charge >= 0.3 is 0 Å². The lowest BCUT2D eigenvalue weighted by molar-refractivity contribution is 0.102. The Morgan fingerprint density at radius 2 is 1.85 bits per heavy atom. The molecule has 9 nitrogen and oxygen atoms in total.